The van der Waals surface area contributed by atoms with Gasteiger partial charge in [0, 0.05) is 6.07 Å². The summed E-state index contributed by atoms with van der Waals surface area (Å²) in [7, 11) is -4.62. The van der Waals surface area contributed by atoms with Gasteiger partial charge >= 0.3 is 16.2 Å². The van der Waals surface area contributed by atoms with Crippen LogP contribution in [0.15, 0.2) is 12.6 Å². The van der Waals surface area contributed by atoms with E-state index < -0.39 is 56.5 Å². The molecule has 10 heteroatoms. The van der Waals surface area contributed by atoms with Crippen molar-refractivity contribution in [2.75, 3.05) is 5.88 Å². The number of amides is 1. The van der Waals surface area contributed by atoms with E-state index in [0.29, 0.717) is 0 Å². The number of nitrogens with one attached hydrogen (secondary N) is 1. The number of alkyl carbamates (subject to hydrolysis) is 1. The highest BCUT2D eigenvalue weighted by molar-refractivity contribution is 7.87. The second kappa shape index (κ2) is 7.34. The van der Waals surface area contributed by atoms with Crippen LogP contribution in [0.4, 0.5) is 18.0 Å². The van der Waals surface area contributed by atoms with Crippen molar-refractivity contribution in [3.8, 4) is 5.75 Å². The smallest absolute Gasteiger partial charge is 0.408 e. The van der Waals surface area contributed by atoms with Gasteiger partial charge in [-0.1, -0.05) is 6.58 Å². The third kappa shape index (κ3) is 5.96. The SMILES string of the molecule is C=C(C)c1c(F)cc(F)c(F)c1OS(=O)(=O)CNC(=O)OC(C)(C)C. The summed E-state index contributed by atoms with van der Waals surface area (Å²) in [5, 5.41) is 1.89. The van der Waals surface area contributed by atoms with Gasteiger partial charge in [-0.15, -0.1) is 0 Å². The molecular formula is C15H18F3NO5S. The molecule has 0 unspecified atom stereocenters. The Morgan fingerprint density at radius 1 is 1.24 bits per heavy atom. The Bertz CT molecular complexity index is 800. The Balaban J connectivity index is 3.05. The fourth-order valence-electron chi connectivity index (χ4n) is 1.67. The van der Waals surface area contributed by atoms with Crippen molar-refractivity contribution in [1.29, 1.82) is 0 Å². The van der Waals surface area contributed by atoms with Crippen LogP contribution in [-0.2, 0) is 14.9 Å². The van der Waals surface area contributed by atoms with Crippen molar-refractivity contribution in [2.24, 2.45) is 0 Å². The van der Waals surface area contributed by atoms with Crippen molar-refractivity contribution in [1.82, 2.24) is 5.32 Å². The predicted octanol–water partition coefficient (Wildman–Crippen LogP) is 3.33. The number of hydrogen-bond donors (Lipinski definition) is 1. The van der Waals surface area contributed by atoms with E-state index in [4.69, 9.17) is 4.74 Å². The first kappa shape index (κ1) is 20.8. The molecular weight excluding hydrogens is 363 g/mol. The molecule has 0 bridgehead atoms. The molecule has 0 heterocycles. The number of ether oxygens (including phenoxy) is 1. The molecule has 0 radical (unpaired) electrons. The molecule has 0 saturated heterocycles. The van der Waals surface area contributed by atoms with E-state index in [0.717, 1.165) is 0 Å². The monoisotopic (exact) mass is 381 g/mol. The van der Waals surface area contributed by atoms with Crippen LogP contribution in [0, 0.1) is 17.5 Å². The fourth-order valence-corrected chi connectivity index (χ4v) is 2.43. The third-order valence-corrected chi connectivity index (χ3v) is 3.48. The van der Waals surface area contributed by atoms with Crippen LogP contribution in [0.1, 0.15) is 33.3 Å². The van der Waals surface area contributed by atoms with Crippen molar-refractivity contribution < 1.29 is 35.3 Å². The number of allylic oxidation sites excluding steroid dienone is 1. The number of carbonyl (C=O) groups excluding carboxylic acids is 1. The summed E-state index contributed by atoms with van der Waals surface area (Å²) < 4.78 is 74.1. The molecule has 1 rings (SSSR count). The van der Waals surface area contributed by atoms with Crippen molar-refractivity contribution in [3.05, 3.63) is 35.7 Å². The van der Waals surface area contributed by atoms with Gasteiger partial charge < -0.3 is 14.2 Å². The van der Waals surface area contributed by atoms with Gasteiger partial charge in [0.05, 0.1) is 5.56 Å². The van der Waals surface area contributed by atoms with E-state index in [1.807, 2.05) is 5.32 Å². The lowest BCUT2D eigenvalue weighted by molar-refractivity contribution is 0.0536. The summed E-state index contributed by atoms with van der Waals surface area (Å²) >= 11 is 0. The average molecular weight is 381 g/mol. The zero-order chi connectivity index (χ0) is 19.6. The molecule has 1 aromatic carbocycles. The Morgan fingerprint density at radius 2 is 1.80 bits per heavy atom. The number of rotatable bonds is 5. The second-order valence-corrected chi connectivity index (χ2v) is 7.67. The summed E-state index contributed by atoms with van der Waals surface area (Å²) in [5.41, 5.74) is -1.58. The molecule has 25 heavy (non-hydrogen) atoms. The quantitative estimate of drug-likeness (QED) is 0.625. The van der Waals surface area contributed by atoms with Crippen molar-refractivity contribution in [2.45, 2.75) is 33.3 Å². The van der Waals surface area contributed by atoms with E-state index in [-0.39, 0.29) is 11.6 Å². The van der Waals surface area contributed by atoms with Gasteiger partial charge in [-0.25, -0.2) is 13.6 Å². The van der Waals surface area contributed by atoms with E-state index in [1.54, 1.807) is 20.8 Å². The summed E-state index contributed by atoms with van der Waals surface area (Å²) in [6.45, 7) is 9.30. The maximum atomic E-state index is 13.9. The number of carbonyl (C=O) groups is 1. The molecule has 1 N–H and O–H groups in total. The minimum absolute atomic E-state index is 0.0818. The Morgan fingerprint density at radius 3 is 2.28 bits per heavy atom. The van der Waals surface area contributed by atoms with Crippen LogP contribution < -0.4 is 9.50 Å². The van der Waals surface area contributed by atoms with Crippen LogP contribution >= 0.6 is 0 Å². The lowest BCUT2D eigenvalue weighted by Gasteiger charge is -2.19. The lowest BCUT2D eigenvalue weighted by Crippen LogP contribution is -2.36. The molecule has 0 spiro atoms. The first-order valence-corrected chi connectivity index (χ1v) is 8.53. The highest BCUT2D eigenvalue weighted by Crippen LogP contribution is 2.33. The van der Waals surface area contributed by atoms with Gasteiger partial charge in [-0.2, -0.15) is 12.8 Å². The first-order chi connectivity index (χ1) is 11.2. The van der Waals surface area contributed by atoms with Crippen LogP contribution in [0.25, 0.3) is 5.57 Å². The highest BCUT2D eigenvalue weighted by atomic mass is 32.2. The van der Waals surface area contributed by atoms with Gasteiger partial charge in [0.1, 0.15) is 11.4 Å². The zero-order valence-electron chi connectivity index (χ0n) is 14.1. The van der Waals surface area contributed by atoms with Crippen LogP contribution in [0.3, 0.4) is 0 Å². The van der Waals surface area contributed by atoms with Gasteiger partial charge in [-0.3, -0.25) is 0 Å². The normalized spacial score (nSPS) is 11.8. The lowest BCUT2D eigenvalue weighted by atomic mass is 10.1. The molecule has 0 aromatic heterocycles. The topological polar surface area (TPSA) is 81.7 Å². The number of benzene rings is 1. The highest BCUT2D eigenvalue weighted by Gasteiger charge is 2.26. The summed E-state index contributed by atoms with van der Waals surface area (Å²) in [6.07, 6.45) is -1.06. The molecule has 1 amide bonds. The standard InChI is InChI=1S/C15H18F3NO5S/c1-8(2)11-9(16)6-10(17)12(18)13(11)24-25(21,22)7-19-14(20)23-15(3,4)5/h6H,1,7H2,2-5H3,(H,19,20). The van der Waals surface area contributed by atoms with E-state index in [1.165, 1.54) is 6.92 Å². The fraction of sp³-hybridized carbons (Fsp3) is 0.400. The van der Waals surface area contributed by atoms with E-state index in [2.05, 4.69) is 10.8 Å². The van der Waals surface area contributed by atoms with Gasteiger partial charge in [-0.05, 0) is 33.3 Å². The Kier molecular flexibility index (Phi) is 6.11. The molecule has 0 saturated carbocycles. The zero-order valence-corrected chi connectivity index (χ0v) is 14.9. The van der Waals surface area contributed by atoms with Gasteiger partial charge in [0.15, 0.2) is 17.4 Å². The third-order valence-electron chi connectivity index (χ3n) is 2.56. The van der Waals surface area contributed by atoms with Crippen LogP contribution in [-0.4, -0.2) is 26.0 Å². The van der Waals surface area contributed by atoms with Crippen molar-refractivity contribution >= 4 is 21.8 Å². The predicted molar refractivity (Wildman–Crippen MR) is 84.8 cm³/mol. The van der Waals surface area contributed by atoms with Crippen LogP contribution in [0.2, 0.25) is 0 Å². The molecule has 0 atom stereocenters. The summed E-state index contributed by atoms with van der Waals surface area (Å²) in [6, 6.07) is 0.248. The summed E-state index contributed by atoms with van der Waals surface area (Å²) in [5.74, 6) is -6.84. The Labute approximate surface area is 143 Å². The van der Waals surface area contributed by atoms with E-state index >= 15 is 0 Å². The maximum Gasteiger partial charge on any atom is 0.408 e. The van der Waals surface area contributed by atoms with E-state index in [9.17, 15) is 26.4 Å². The maximum absolute atomic E-state index is 13.9. The largest absolute Gasteiger partial charge is 0.444 e. The summed E-state index contributed by atoms with van der Waals surface area (Å²) in [4.78, 5) is 11.4. The van der Waals surface area contributed by atoms with Crippen molar-refractivity contribution in [3.63, 3.8) is 0 Å². The number of halogens is 3. The Hall–Kier alpha value is -2.23. The molecule has 140 valence electrons. The second-order valence-electron chi connectivity index (χ2n) is 6.10. The average Bonchev–Trinajstić information content (AvgIpc) is 2.40. The van der Waals surface area contributed by atoms with Gasteiger partial charge in [0.25, 0.3) is 0 Å². The minimum Gasteiger partial charge on any atom is -0.444 e. The molecule has 0 aliphatic rings. The molecule has 0 aliphatic carbocycles. The molecule has 6 nitrogen and oxygen atoms in total. The van der Waals surface area contributed by atoms with Crippen LogP contribution in [0.5, 0.6) is 5.75 Å². The minimum atomic E-state index is -4.62. The van der Waals surface area contributed by atoms with Gasteiger partial charge in [0.2, 0.25) is 5.82 Å². The molecule has 0 aliphatic heterocycles. The number of hydrogen-bond acceptors (Lipinski definition) is 5. The molecule has 1 aromatic rings. The first-order valence-electron chi connectivity index (χ1n) is 6.96. The molecule has 0 fully saturated rings.